The predicted molar refractivity (Wildman–Crippen MR) is 120 cm³/mol. The van der Waals surface area contributed by atoms with Gasteiger partial charge >= 0.3 is 0 Å². The first-order valence-electron chi connectivity index (χ1n) is 9.90. The van der Waals surface area contributed by atoms with E-state index in [0.29, 0.717) is 6.67 Å². The maximum Gasteiger partial charge on any atom is 0.129 e. The summed E-state index contributed by atoms with van der Waals surface area (Å²) in [6.07, 6.45) is 9.89. The lowest BCUT2D eigenvalue weighted by atomic mass is 10.2. The molecule has 30 heavy (non-hydrogen) atoms. The lowest BCUT2D eigenvalue weighted by molar-refractivity contribution is 0.480. The van der Waals surface area contributed by atoms with Gasteiger partial charge in [0.1, 0.15) is 11.5 Å². The van der Waals surface area contributed by atoms with Gasteiger partial charge in [0.15, 0.2) is 0 Å². The fourth-order valence-electron chi connectivity index (χ4n) is 3.57. The quantitative estimate of drug-likeness (QED) is 0.688. The number of nitrogens with one attached hydrogen (secondary N) is 1. The number of anilines is 2. The van der Waals surface area contributed by atoms with Crippen molar-refractivity contribution < 1.29 is 4.74 Å². The molecule has 150 valence electrons. The molecule has 1 aromatic heterocycles. The second-order valence-electron chi connectivity index (χ2n) is 7.35. The zero-order valence-corrected chi connectivity index (χ0v) is 16.8. The second-order valence-corrected chi connectivity index (χ2v) is 7.35. The molecule has 0 spiro atoms. The highest BCUT2D eigenvalue weighted by Gasteiger charge is 2.15. The van der Waals surface area contributed by atoms with Gasteiger partial charge < -0.3 is 24.8 Å². The third-order valence-corrected chi connectivity index (χ3v) is 5.11. The largest absolute Gasteiger partial charge is 0.457 e. The summed E-state index contributed by atoms with van der Waals surface area (Å²) >= 11 is 0. The van der Waals surface area contributed by atoms with Crippen LogP contribution in [-0.4, -0.2) is 30.3 Å². The van der Waals surface area contributed by atoms with Gasteiger partial charge in [-0.3, -0.25) is 4.98 Å². The van der Waals surface area contributed by atoms with E-state index in [4.69, 9.17) is 4.74 Å². The molecule has 0 atom stereocenters. The Morgan fingerprint density at radius 2 is 1.67 bits per heavy atom. The van der Waals surface area contributed by atoms with Crippen LogP contribution in [0.2, 0.25) is 0 Å². The molecule has 2 aliphatic rings. The third kappa shape index (κ3) is 3.80. The summed E-state index contributed by atoms with van der Waals surface area (Å²) in [5, 5.41) is 3.42. The molecule has 0 radical (unpaired) electrons. The fraction of sp³-hybridized carbons (Fsp3) is 0.125. The average Bonchev–Trinajstić information content (AvgIpc) is 3.44. The maximum absolute atomic E-state index is 6.18. The SMILES string of the molecule is CN1C=CN(c2cccc(Oc3cccc(N4C=C(c5cccnc5)NC4)c3)c2)C1. The number of nitrogens with zero attached hydrogens (tertiary/aromatic N) is 4. The Morgan fingerprint density at radius 3 is 2.33 bits per heavy atom. The highest BCUT2D eigenvalue weighted by molar-refractivity contribution is 5.71. The average molecular weight is 397 g/mol. The molecule has 0 saturated carbocycles. The highest BCUT2D eigenvalue weighted by Crippen LogP contribution is 2.30. The number of aromatic nitrogens is 1. The molecule has 5 rings (SSSR count). The first-order valence-corrected chi connectivity index (χ1v) is 9.90. The Hall–Kier alpha value is -3.93. The molecule has 3 aromatic rings. The Balaban J connectivity index is 1.33. The summed E-state index contributed by atoms with van der Waals surface area (Å²) in [7, 11) is 2.06. The minimum atomic E-state index is 0.706. The van der Waals surface area contributed by atoms with Crippen molar-refractivity contribution in [3.8, 4) is 11.5 Å². The van der Waals surface area contributed by atoms with Crippen molar-refractivity contribution >= 4 is 17.1 Å². The van der Waals surface area contributed by atoms with Crippen LogP contribution in [0, 0.1) is 0 Å². The van der Waals surface area contributed by atoms with Crippen molar-refractivity contribution in [2.75, 3.05) is 30.2 Å². The van der Waals surface area contributed by atoms with Crippen LogP contribution in [0.4, 0.5) is 11.4 Å². The van der Waals surface area contributed by atoms with Crippen molar-refractivity contribution in [3.05, 3.63) is 97.2 Å². The molecule has 0 unspecified atom stereocenters. The maximum atomic E-state index is 6.18. The van der Waals surface area contributed by atoms with E-state index in [9.17, 15) is 0 Å². The van der Waals surface area contributed by atoms with Gasteiger partial charge in [-0.05, 0) is 36.4 Å². The van der Waals surface area contributed by atoms with Gasteiger partial charge in [-0.15, -0.1) is 0 Å². The molecule has 2 aliphatic heterocycles. The molecule has 2 aromatic carbocycles. The lowest BCUT2D eigenvalue weighted by Gasteiger charge is -2.19. The number of rotatable bonds is 5. The Labute approximate surface area is 176 Å². The van der Waals surface area contributed by atoms with E-state index in [2.05, 4.69) is 81.0 Å². The number of pyridine rings is 1. The number of hydrogen-bond donors (Lipinski definition) is 1. The van der Waals surface area contributed by atoms with Crippen LogP contribution >= 0.6 is 0 Å². The molecule has 0 aliphatic carbocycles. The normalized spacial score (nSPS) is 15.4. The lowest BCUT2D eigenvalue weighted by Crippen LogP contribution is -2.21. The Kier molecular flexibility index (Phi) is 4.73. The fourth-order valence-corrected chi connectivity index (χ4v) is 3.57. The number of hydrogen-bond acceptors (Lipinski definition) is 6. The van der Waals surface area contributed by atoms with Crippen molar-refractivity contribution in [3.63, 3.8) is 0 Å². The molecule has 6 heteroatoms. The summed E-state index contributed by atoms with van der Waals surface area (Å²) in [6.45, 7) is 1.55. The van der Waals surface area contributed by atoms with Crippen LogP contribution in [0.3, 0.4) is 0 Å². The smallest absolute Gasteiger partial charge is 0.129 e. The Bertz CT molecular complexity index is 1100. The van der Waals surface area contributed by atoms with Gasteiger partial charge in [0.05, 0.1) is 19.0 Å². The van der Waals surface area contributed by atoms with E-state index in [-0.39, 0.29) is 0 Å². The van der Waals surface area contributed by atoms with Crippen molar-refractivity contribution in [1.82, 2.24) is 15.2 Å². The van der Waals surface area contributed by atoms with Gasteiger partial charge in [-0.2, -0.15) is 0 Å². The van der Waals surface area contributed by atoms with Crippen LogP contribution in [0.5, 0.6) is 11.5 Å². The van der Waals surface area contributed by atoms with Gasteiger partial charge in [-0.25, -0.2) is 0 Å². The van der Waals surface area contributed by atoms with E-state index < -0.39 is 0 Å². The van der Waals surface area contributed by atoms with Crippen LogP contribution < -0.4 is 19.9 Å². The molecule has 1 N–H and O–H groups in total. The van der Waals surface area contributed by atoms with Gasteiger partial charge in [-0.1, -0.05) is 12.1 Å². The van der Waals surface area contributed by atoms with Gasteiger partial charge in [0, 0.05) is 67.1 Å². The van der Waals surface area contributed by atoms with Crippen LogP contribution in [-0.2, 0) is 0 Å². The zero-order valence-electron chi connectivity index (χ0n) is 16.8. The molecular weight excluding hydrogens is 374 g/mol. The van der Waals surface area contributed by atoms with E-state index >= 15 is 0 Å². The highest BCUT2D eigenvalue weighted by atomic mass is 16.5. The summed E-state index contributed by atoms with van der Waals surface area (Å²) in [5.74, 6) is 1.63. The molecule has 0 saturated heterocycles. The van der Waals surface area contributed by atoms with Crippen molar-refractivity contribution in [2.24, 2.45) is 0 Å². The van der Waals surface area contributed by atoms with Crippen molar-refractivity contribution in [2.45, 2.75) is 0 Å². The van der Waals surface area contributed by atoms with Crippen LogP contribution in [0.1, 0.15) is 5.56 Å². The number of ether oxygens (including phenoxy) is 1. The molecule has 3 heterocycles. The topological polar surface area (TPSA) is 43.9 Å². The Morgan fingerprint density at radius 1 is 0.900 bits per heavy atom. The molecule has 0 fully saturated rings. The van der Waals surface area contributed by atoms with E-state index in [1.807, 2.05) is 36.5 Å². The van der Waals surface area contributed by atoms with Gasteiger partial charge in [0.25, 0.3) is 0 Å². The molecule has 0 amide bonds. The number of benzene rings is 2. The summed E-state index contributed by atoms with van der Waals surface area (Å²) < 4.78 is 6.18. The third-order valence-electron chi connectivity index (χ3n) is 5.11. The molecule has 0 bridgehead atoms. The summed E-state index contributed by atoms with van der Waals surface area (Å²) in [4.78, 5) is 10.7. The van der Waals surface area contributed by atoms with E-state index in [1.54, 1.807) is 6.20 Å². The summed E-state index contributed by atoms with van der Waals surface area (Å²) in [5.41, 5.74) is 4.31. The predicted octanol–water partition coefficient (Wildman–Crippen LogP) is 4.42. The van der Waals surface area contributed by atoms with Crippen LogP contribution in [0.15, 0.2) is 91.7 Å². The summed E-state index contributed by atoms with van der Waals surface area (Å²) in [6, 6.07) is 20.3. The molecular formula is C24H23N5O. The van der Waals surface area contributed by atoms with E-state index in [1.165, 1.54) is 0 Å². The standard InChI is InChI=1S/C24H23N5O/c1-27-11-12-28(18-27)20-6-2-8-22(13-20)30-23-9-3-7-21(14-23)29-16-24(26-17-29)19-5-4-10-25-15-19/h2-16,26H,17-18H2,1H3. The monoisotopic (exact) mass is 397 g/mol. The van der Waals surface area contributed by atoms with E-state index in [0.717, 1.165) is 40.8 Å². The van der Waals surface area contributed by atoms with Crippen molar-refractivity contribution in [1.29, 1.82) is 0 Å². The van der Waals surface area contributed by atoms with Crippen LogP contribution in [0.25, 0.3) is 5.70 Å². The second kappa shape index (κ2) is 7.83. The minimum absolute atomic E-state index is 0.706. The minimum Gasteiger partial charge on any atom is -0.457 e. The molecule has 6 nitrogen and oxygen atoms in total. The first-order chi connectivity index (χ1) is 14.7. The first kappa shape index (κ1) is 18.1. The van der Waals surface area contributed by atoms with Gasteiger partial charge in [0.2, 0.25) is 0 Å². The zero-order chi connectivity index (χ0) is 20.3.